The maximum absolute atomic E-state index is 11.5. The number of ether oxygens (including phenoxy) is 3. The van der Waals surface area contributed by atoms with E-state index in [1.807, 2.05) is 24.3 Å². The summed E-state index contributed by atoms with van der Waals surface area (Å²) in [5.41, 5.74) is 0.978. The number of hydrogen-bond donors (Lipinski definition) is 0. The Morgan fingerprint density at radius 1 is 1.06 bits per heavy atom. The summed E-state index contributed by atoms with van der Waals surface area (Å²) in [6, 6.07) is 7.69. The molecule has 184 valence electrons. The molecular weight excluding hydrogens is 428 g/mol. The number of benzene rings is 1. The second-order valence-electron chi connectivity index (χ2n) is 8.74. The standard InChI is InChI=1S/C29H38O5/c1-4-7-8-9-23-10-12-24(13-11-23)14-15-25-16-18-26(19-17-25)32-21-20-27(34-29(31)6-3)22-33-28(30)5-2/h5-6,16-19,23-24,27H,2-4,7-13,20-22H2,1H3. The molecule has 0 aliphatic heterocycles. The zero-order valence-corrected chi connectivity index (χ0v) is 20.4. The zero-order valence-electron chi connectivity index (χ0n) is 20.4. The summed E-state index contributed by atoms with van der Waals surface area (Å²) < 4.78 is 15.9. The van der Waals surface area contributed by atoms with Crippen molar-refractivity contribution in [3.8, 4) is 17.6 Å². The van der Waals surface area contributed by atoms with Crippen LogP contribution in [0.3, 0.4) is 0 Å². The maximum atomic E-state index is 11.5. The SMILES string of the molecule is C=CC(=O)OCC(CCOc1ccc(C#CC2CCC(CCCCC)CC2)cc1)OC(=O)C=C. The van der Waals surface area contributed by atoms with Crippen molar-refractivity contribution in [3.63, 3.8) is 0 Å². The van der Waals surface area contributed by atoms with Gasteiger partial charge in [-0.1, -0.05) is 57.6 Å². The van der Waals surface area contributed by atoms with E-state index < -0.39 is 18.0 Å². The van der Waals surface area contributed by atoms with Gasteiger partial charge >= 0.3 is 11.9 Å². The lowest BCUT2D eigenvalue weighted by atomic mass is 9.80. The van der Waals surface area contributed by atoms with Gasteiger partial charge in [-0.25, -0.2) is 9.59 Å². The Bertz CT molecular complexity index is 838. The Balaban J connectivity index is 1.76. The van der Waals surface area contributed by atoms with Gasteiger partial charge in [-0.05, 0) is 55.9 Å². The van der Waals surface area contributed by atoms with Crippen LogP contribution in [0.4, 0.5) is 0 Å². The van der Waals surface area contributed by atoms with Gasteiger partial charge in [0.2, 0.25) is 0 Å². The van der Waals surface area contributed by atoms with Crippen molar-refractivity contribution in [1.82, 2.24) is 0 Å². The van der Waals surface area contributed by atoms with Gasteiger partial charge < -0.3 is 14.2 Å². The van der Waals surface area contributed by atoms with E-state index >= 15 is 0 Å². The Hall–Kier alpha value is -3.00. The van der Waals surface area contributed by atoms with Crippen LogP contribution in [0.2, 0.25) is 0 Å². The fourth-order valence-electron chi connectivity index (χ4n) is 4.03. The van der Waals surface area contributed by atoms with Crippen LogP contribution in [0.15, 0.2) is 49.6 Å². The fraction of sp³-hybridized carbons (Fsp3) is 0.517. The van der Waals surface area contributed by atoms with Gasteiger partial charge in [0.15, 0.2) is 0 Å². The second-order valence-corrected chi connectivity index (χ2v) is 8.74. The molecule has 1 unspecified atom stereocenters. The minimum absolute atomic E-state index is 0.0665. The van der Waals surface area contributed by atoms with Gasteiger partial charge in [0, 0.05) is 30.1 Å². The highest BCUT2D eigenvalue weighted by Gasteiger charge is 2.19. The molecule has 1 aromatic rings. The van der Waals surface area contributed by atoms with Gasteiger partial charge in [-0.2, -0.15) is 0 Å². The first-order chi connectivity index (χ1) is 16.5. The third-order valence-electron chi connectivity index (χ3n) is 6.07. The summed E-state index contributed by atoms with van der Waals surface area (Å²) in [7, 11) is 0. The summed E-state index contributed by atoms with van der Waals surface area (Å²) in [5.74, 6) is 7.73. The van der Waals surface area contributed by atoms with Gasteiger partial charge in [0.05, 0.1) is 6.61 Å². The first-order valence-corrected chi connectivity index (χ1v) is 12.4. The van der Waals surface area contributed by atoms with Gasteiger partial charge in [0.25, 0.3) is 0 Å². The zero-order chi connectivity index (χ0) is 24.6. The molecule has 1 saturated carbocycles. The molecule has 34 heavy (non-hydrogen) atoms. The van der Waals surface area contributed by atoms with E-state index in [4.69, 9.17) is 14.2 Å². The molecule has 1 aliphatic carbocycles. The third kappa shape index (κ3) is 10.7. The smallest absolute Gasteiger partial charge is 0.330 e. The Labute approximate surface area is 204 Å². The minimum atomic E-state index is -0.624. The minimum Gasteiger partial charge on any atom is -0.493 e. The van der Waals surface area contributed by atoms with Crippen molar-refractivity contribution < 1.29 is 23.8 Å². The molecule has 0 saturated heterocycles. The molecule has 1 atom stereocenters. The highest BCUT2D eigenvalue weighted by Crippen LogP contribution is 2.31. The van der Waals surface area contributed by atoms with E-state index in [9.17, 15) is 9.59 Å². The predicted molar refractivity (Wildman–Crippen MR) is 134 cm³/mol. The molecule has 1 fully saturated rings. The molecular formula is C29H38O5. The van der Waals surface area contributed by atoms with E-state index in [1.165, 1.54) is 51.4 Å². The van der Waals surface area contributed by atoms with Crippen LogP contribution in [0.1, 0.15) is 70.3 Å². The quantitative estimate of drug-likeness (QED) is 0.154. The molecule has 2 rings (SSSR count). The van der Waals surface area contributed by atoms with E-state index in [-0.39, 0.29) is 6.61 Å². The van der Waals surface area contributed by atoms with Gasteiger partial charge in [0.1, 0.15) is 18.5 Å². The number of hydrogen-bond acceptors (Lipinski definition) is 5. The van der Waals surface area contributed by atoms with Crippen LogP contribution in [0.5, 0.6) is 5.75 Å². The number of carbonyl (C=O) groups is 2. The summed E-state index contributed by atoms with van der Waals surface area (Å²) >= 11 is 0. The molecule has 5 nitrogen and oxygen atoms in total. The van der Waals surface area contributed by atoms with Crippen molar-refractivity contribution in [2.24, 2.45) is 11.8 Å². The van der Waals surface area contributed by atoms with Crippen LogP contribution in [0.25, 0.3) is 0 Å². The number of carbonyl (C=O) groups excluding carboxylic acids is 2. The maximum Gasteiger partial charge on any atom is 0.330 e. The van der Waals surface area contributed by atoms with Crippen molar-refractivity contribution in [2.45, 2.75) is 70.8 Å². The number of unbranched alkanes of at least 4 members (excludes halogenated alkanes) is 2. The third-order valence-corrected chi connectivity index (χ3v) is 6.07. The molecule has 1 aliphatic rings. The lowest BCUT2D eigenvalue weighted by Gasteiger charge is -2.25. The average molecular weight is 467 g/mol. The molecule has 0 heterocycles. The topological polar surface area (TPSA) is 61.8 Å². The van der Waals surface area contributed by atoms with Gasteiger partial charge in [-0.3, -0.25) is 0 Å². The summed E-state index contributed by atoms with van der Waals surface area (Å²) in [4.78, 5) is 22.8. The van der Waals surface area contributed by atoms with Crippen LogP contribution in [0, 0.1) is 23.7 Å². The Morgan fingerprint density at radius 3 is 2.41 bits per heavy atom. The van der Waals surface area contributed by atoms with Crippen LogP contribution < -0.4 is 4.74 Å². The summed E-state index contributed by atoms with van der Waals surface area (Å²) in [6.07, 6.45) is 12.3. The van der Waals surface area contributed by atoms with E-state index in [2.05, 4.69) is 31.9 Å². The highest BCUT2D eigenvalue weighted by molar-refractivity contribution is 5.82. The van der Waals surface area contributed by atoms with Crippen molar-refractivity contribution in [3.05, 3.63) is 55.1 Å². The van der Waals surface area contributed by atoms with Crippen LogP contribution in [-0.4, -0.2) is 31.3 Å². The first kappa shape index (κ1) is 27.2. The normalized spacial score (nSPS) is 18.0. The Kier molecular flexibility index (Phi) is 12.6. The van der Waals surface area contributed by atoms with Crippen molar-refractivity contribution >= 4 is 11.9 Å². The van der Waals surface area contributed by atoms with Crippen molar-refractivity contribution in [1.29, 1.82) is 0 Å². The molecule has 0 spiro atoms. The molecule has 0 amide bonds. The van der Waals surface area contributed by atoms with E-state index in [1.54, 1.807) is 0 Å². The van der Waals surface area contributed by atoms with Crippen LogP contribution in [-0.2, 0) is 19.1 Å². The molecule has 1 aromatic carbocycles. The van der Waals surface area contributed by atoms with E-state index in [0.717, 1.165) is 23.6 Å². The summed E-state index contributed by atoms with van der Waals surface area (Å²) in [5, 5.41) is 0. The lowest BCUT2D eigenvalue weighted by Crippen LogP contribution is -2.26. The van der Waals surface area contributed by atoms with Gasteiger partial charge in [-0.15, -0.1) is 0 Å². The molecule has 5 heteroatoms. The van der Waals surface area contributed by atoms with Crippen molar-refractivity contribution in [2.75, 3.05) is 13.2 Å². The lowest BCUT2D eigenvalue weighted by molar-refractivity contribution is -0.153. The average Bonchev–Trinajstić information content (AvgIpc) is 2.87. The summed E-state index contributed by atoms with van der Waals surface area (Å²) in [6.45, 7) is 9.22. The number of esters is 2. The monoisotopic (exact) mass is 466 g/mol. The van der Waals surface area contributed by atoms with E-state index in [0.29, 0.717) is 24.7 Å². The molecule has 0 aromatic heterocycles. The van der Waals surface area contributed by atoms with Crippen LogP contribution >= 0.6 is 0 Å². The Morgan fingerprint density at radius 2 is 1.76 bits per heavy atom. The molecule has 0 radical (unpaired) electrons. The first-order valence-electron chi connectivity index (χ1n) is 12.4. The predicted octanol–water partition coefficient (Wildman–Crippen LogP) is 6.02. The second kappa shape index (κ2) is 15.8. The molecule has 0 N–H and O–H groups in total. The molecule has 0 bridgehead atoms. The highest BCUT2D eigenvalue weighted by atomic mass is 16.6. The largest absolute Gasteiger partial charge is 0.493 e. The fourth-order valence-corrected chi connectivity index (χ4v) is 4.03. The number of rotatable bonds is 13.